The minimum absolute atomic E-state index is 0.454. The summed E-state index contributed by atoms with van der Waals surface area (Å²) in [6, 6.07) is 20.9. The van der Waals surface area contributed by atoms with Gasteiger partial charge < -0.3 is 10.4 Å². The molecule has 3 heteroatoms. The molecule has 2 N–H and O–H groups in total. The SMILES string of the molecule is C[C@@H](CNc1ccccc1)N1CCC(O)(c2ccccc2)CC1. The zero-order valence-electron chi connectivity index (χ0n) is 13.8. The summed E-state index contributed by atoms with van der Waals surface area (Å²) in [5, 5.41) is 14.4. The topological polar surface area (TPSA) is 35.5 Å². The summed E-state index contributed by atoms with van der Waals surface area (Å²) in [6.07, 6.45) is 1.60. The molecule has 0 saturated carbocycles. The van der Waals surface area contributed by atoms with E-state index in [1.807, 2.05) is 48.5 Å². The van der Waals surface area contributed by atoms with Crippen LogP contribution in [0.25, 0.3) is 0 Å². The first-order chi connectivity index (χ1) is 11.2. The van der Waals surface area contributed by atoms with E-state index in [4.69, 9.17) is 0 Å². The summed E-state index contributed by atoms with van der Waals surface area (Å²) in [5.74, 6) is 0. The third-order valence-corrected chi connectivity index (χ3v) is 4.94. The third-order valence-electron chi connectivity index (χ3n) is 4.94. The number of hydrogen-bond acceptors (Lipinski definition) is 3. The van der Waals surface area contributed by atoms with Crippen LogP contribution in [0.4, 0.5) is 5.69 Å². The standard InChI is InChI=1S/C20H26N2O/c1-17(16-21-19-10-6-3-7-11-19)22-14-12-20(23,13-15-22)18-8-4-2-5-9-18/h2-11,17,21,23H,12-16H2,1H3/t17-/m0/s1. The molecule has 0 aromatic heterocycles. The lowest BCUT2D eigenvalue weighted by atomic mass is 9.84. The molecule has 3 rings (SSSR count). The molecule has 1 aliphatic rings. The fraction of sp³-hybridized carbons (Fsp3) is 0.400. The summed E-state index contributed by atoms with van der Waals surface area (Å²) in [6.45, 7) is 5.04. The van der Waals surface area contributed by atoms with Crippen molar-refractivity contribution < 1.29 is 5.11 Å². The lowest BCUT2D eigenvalue weighted by molar-refractivity contribution is -0.0328. The van der Waals surface area contributed by atoms with E-state index in [0.29, 0.717) is 6.04 Å². The zero-order valence-corrected chi connectivity index (χ0v) is 13.8. The van der Waals surface area contributed by atoms with E-state index in [2.05, 4.69) is 29.3 Å². The molecule has 2 aromatic rings. The average molecular weight is 310 g/mol. The van der Waals surface area contributed by atoms with E-state index in [1.54, 1.807) is 0 Å². The Labute approximate surface area is 139 Å². The summed E-state index contributed by atoms with van der Waals surface area (Å²) in [4.78, 5) is 2.47. The Balaban J connectivity index is 1.52. The van der Waals surface area contributed by atoms with Gasteiger partial charge in [0.25, 0.3) is 0 Å². The van der Waals surface area contributed by atoms with Gasteiger partial charge in [0.15, 0.2) is 0 Å². The van der Waals surface area contributed by atoms with Crippen LogP contribution in [0.1, 0.15) is 25.3 Å². The second kappa shape index (κ2) is 7.16. The summed E-state index contributed by atoms with van der Waals surface area (Å²) in [5.41, 5.74) is 1.55. The Morgan fingerprint density at radius 2 is 1.57 bits per heavy atom. The Bertz CT molecular complexity index is 592. The van der Waals surface area contributed by atoms with Crippen LogP contribution in [0.5, 0.6) is 0 Å². The maximum Gasteiger partial charge on any atom is 0.0920 e. The molecule has 0 unspecified atom stereocenters. The molecule has 0 amide bonds. The van der Waals surface area contributed by atoms with Crippen molar-refractivity contribution in [3.05, 3.63) is 66.2 Å². The second-order valence-electron chi connectivity index (χ2n) is 6.53. The summed E-state index contributed by atoms with van der Waals surface area (Å²) < 4.78 is 0. The van der Waals surface area contributed by atoms with Crippen molar-refractivity contribution >= 4 is 5.69 Å². The number of likely N-dealkylation sites (tertiary alicyclic amines) is 1. The van der Waals surface area contributed by atoms with Gasteiger partial charge in [-0.3, -0.25) is 4.90 Å². The molecular formula is C20H26N2O. The van der Waals surface area contributed by atoms with Crippen molar-refractivity contribution in [2.45, 2.75) is 31.4 Å². The van der Waals surface area contributed by atoms with Crippen molar-refractivity contribution in [1.82, 2.24) is 4.90 Å². The molecule has 122 valence electrons. The number of para-hydroxylation sites is 1. The van der Waals surface area contributed by atoms with Gasteiger partial charge in [0.1, 0.15) is 0 Å². The monoisotopic (exact) mass is 310 g/mol. The predicted octanol–water partition coefficient (Wildman–Crippen LogP) is 3.47. The van der Waals surface area contributed by atoms with Crippen LogP contribution in [0.3, 0.4) is 0 Å². The van der Waals surface area contributed by atoms with E-state index < -0.39 is 5.60 Å². The Hall–Kier alpha value is -1.84. The number of rotatable bonds is 5. The van der Waals surface area contributed by atoms with Crippen molar-refractivity contribution in [2.75, 3.05) is 25.0 Å². The number of hydrogen-bond donors (Lipinski definition) is 2. The number of nitrogens with zero attached hydrogens (tertiary/aromatic N) is 1. The number of benzene rings is 2. The van der Waals surface area contributed by atoms with Crippen LogP contribution in [0, 0.1) is 0 Å². The molecule has 1 saturated heterocycles. The van der Waals surface area contributed by atoms with Gasteiger partial charge in [-0.25, -0.2) is 0 Å². The molecule has 1 atom stereocenters. The van der Waals surface area contributed by atoms with Gasteiger partial charge >= 0.3 is 0 Å². The molecular weight excluding hydrogens is 284 g/mol. The molecule has 1 aliphatic heterocycles. The Morgan fingerprint density at radius 3 is 2.17 bits per heavy atom. The van der Waals surface area contributed by atoms with E-state index in [9.17, 15) is 5.11 Å². The largest absolute Gasteiger partial charge is 0.385 e. The molecule has 0 aliphatic carbocycles. The smallest absolute Gasteiger partial charge is 0.0920 e. The van der Waals surface area contributed by atoms with Gasteiger partial charge in [0.05, 0.1) is 5.60 Å². The van der Waals surface area contributed by atoms with E-state index in [0.717, 1.165) is 43.7 Å². The average Bonchev–Trinajstić information content (AvgIpc) is 2.62. The van der Waals surface area contributed by atoms with Gasteiger partial charge in [0, 0.05) is 31.4 Å². The van der Waals surface area contributed by atoms with Crippen LogP contribution in [0.15, 0.2) is 60.7 Å². The van der Waals surface area contributed by atoms with Gasteiger partial charge in [-0.1, -0.05) is 48.5 Å². The highest BCUT2D eigenvalue weighted by atomic mass is 16.3. The van der Waals surface area contributed by atoms with Gasteiger partial charge in [-0.15, -0.1) is 0 Å². The molecule has 0 radical (unpaired) electrons. The Kier molecular flexibility index (Phi) is 4.99. The van der Waals surface area contributed by atoms with E-state index >= 15 is 0 Å². The molecule has 0 spiro atoms. The van der Waals surface area contributed by atoms with Gasteiger partial charge in [0.2, 0.25) is 0 Å². The van der Waals surface area contributed by atoms with Gasteiger partial charge in [-0.2, -0.15) is 0 Å². The maximum absolute atomic E-state index is 10.9. The van der Waals surface area contributed by atoms with E-state index in [1.165, 1.54) is 0 Å². The molecule has 3 nitrogen and oxygen atoms in total. The number of aliphatic hydroxyl groups is 1. The van der Waals surface area contributed by atoms with Crippen LogP contribution in [-0.2, 0) is 5.60 Å². The quantitative estimate of drug-likeness (QED) is 0.887. The molecule has 2 aromatic carbocycles. The molecule has 1 fully saturated rings. The van der Waals surface area contributed by atoms with Crippen molar-refractivity contribution in [3.63, 3.8) is 0 Å². The van der Waals surface area contributed by atoms with Crippen LogP contribution in [-0.4, -0.2) is 35.7 Å². The molecule has 1 heterocycles. The highest BCUT2D eigenvalue weighted by Crippen LogP contribution is 2.33. The van der Waals surface area contributed by atoms with Crippen molar-refractivity contribution in [1.29, 1.82) is 0 Å². The van der Waals surface area contributed by atoms with Crippen molar-refractivity contribution in [3.8, 4) is 0 Å². The number of piperidine rings is 1. The lowest BCUT2D eigenvalue weighted by Crippen LogP contribution is -2.48. The highest BCUT2D eigenvalue weighted by Gasteiger charge is 2.34. The third kappa shape index (κ3) is 3.92. The van der Waals surface area contributed by atoms with Crippen LogP contribution < -0.4 is 5.32 Å². The van der Waals surface area contributed by atoms with E-state index in [-0.39, 0.29) is 0 Å². The second-order valence-corrected chi connectivity index (χ2v) is 6.53. The van der Waals surface area contributed by atoms with Gasteiger partial charge in [-0.05, 0) is 37.5 Å². The number of anilines is 1. The number of nitrogens with one attached hydrogen (secondary N) is 1. The molecule has 0 bridgehead atoms. The fourth-order valence-corrected chi connectivity index (χ4v) is 3.32. The summed E-state index contributed by atoms with van der Waals surface area (Å²) in [7, 11) is 0. The molecule has 23 heavy (non-hydrogen) atoms. The highest BCUT2D eigenvalue weighted by molar-refractivity contribution is 5.42. The van der Waals surface area contributed by atoms with Crippen LogP contribution >= 0.6 is 0 Å². The Morgan fingerprint density at radius 1 is 1.00 bits per heavy atom. The normalized spacial score (nSPS) is 19.2. The maximum atomic E-state index is 10.9. The fourth-order valence-electron chi connectivity index (χ4n) is 3.32. The lowest BCUT2D eigenvalue weighted by Gasteiger charge is -2.41. The summed E-state index contributed by atoms with van der Waals surface area (Å²) >= 11 is 0. The first kappa shape index (κ1) is 16.0. The van der Waals surface area contributed by atoms with Crippen LogP contribution in [0.2, 0.25) is 0 Å². The first-order valence-electron chi connectivity index (χ1n) is 8.48. The zero-order chi connectivity index (χ0) is 16.1. The predicted molar refractivity (Wildman–Crippen MR) is 95.5 cm³/mol. The van der Waals surface area contributed by atoms with Crippen molar-refractivity contribution in [2.24, 2.45) is 0 Å². The first-order valence-corrected chi connectivity index (χ1v) is 8.48. The minimum atomic E-state index is -0.662. The minimum Gasteiger partial charge on any atom is -0.385 e.